The minimum atomic E-state index is 0. The molecule has 0 radical (unpaired) electrons. The standard InChI is InChI=1S/C16H34O.H2O/c1-3-5-7-9-11-13-15-17-16-14-12-10-8-6-4-2;/h3-16H2,1-2H3;1H2. The van der Waals surface area contributed by atoms with Gasteiger partial charge in [-0.2, -0.15) is 0 Å². The molecule has 0 saturated carbocycles. The fraction of sp³-hybridized carbons (Fsp3) is 1.00. The second-order valence-electron chi connectivity index (χ2n) is 5.15. The smallest absolute Gasteiger partial charge is 0.0466 e. The molecule has 0 rings (SSSR count). The summed E-state index contributed by atoms with van der Waals surface area (Å²) in [7, 11) is 0. The van der Waals surface area contributed by atoms with Crippen molar-refractivity contribution in [2.75, 3.05) is 13.2 Å². The third kappa shape index (κ3) is 18.3. The molecule has 112 valence electrons. The molecule has 0 aliphatic carbocycles. The maximum absolute atomic E-state index is 5.65. The van der Waals surface area contributed by atoms with Crippen molar-refractivity contribution in [3.05, 3.63) is 0 Å². The summed E-state index contributed by atoms with van der Waals surface area (Å²) < 4.78 is 5.65. The molecular weight excluding hydrogens is 224 g/mol. The van der Waals surface area contributed by atoms with Crippen LogP contribution in [0.1, 0.15) is 90.9 Å². The summed E-state index contributed by atoms with van der Waals surface area (Å²) in [4.78, 5) is 0. The van der Waals surface area contributed by atoms with Gasteiger partial charge in [0, 0.05) is 13.2 Å². The molecule has 18 heavy (non-hydrogen) atoms. The molecule has 0 amide bonds. The molecule has 0 spiro atoms. The Balaban J connectivity index is 0. The Morgan fingerprint density at radius 1 is 0.500 bits per heavy atom. The summed E-state index contributed by atoms with van der Waals surface area (Å²) in [6, 6.07) is 0. The molecule has 0 aromatic heterocycles. The Labute approximate surface area is 115 Å². The van der Waals surface area contributed by atoms with Crippen molar-refractivity contribution in [3.63, 3.8) is 0 Å². The lowest BCUT2D eigenvalue weighted by Gasteiger charge is -2.04. The Kier molecular flexibility index (Phi) is 21.7. The summed E-state index contributed by atoms with van der Waals surface area (Å²) in [5.41, 5.74) is 0. The van der Waals surface area contributed by atoms with Crippen LogP contribution in [0, 0.1) is 0 Å². The predicted octanol–water partition coefficient (Wildman–Crippen LogP) is 4.90. The van der Waals surface area contributed by atoms with Crippen LogP contribution in [0.3, 0.4) is 0 Å². The van der Waals surface area contributed by atoms with Crippen LogP contribution in [-0.2, 0) is 4.74 Å². The van der Waals surface area contributed by atoms with E-state index in [2.05, 4.69) is 13.8 Å². The van der Waals surface area contributed by atoms with Gasteiger partial charge >= 0.3 is 0 Å². The van der Waals surface area contributed by atoms with Gasteiger partial charge in [0.2, 0.25) is 0 Å². The lowest BCUT2D eigenvalue weighted by atomic mass is 10.1. The van der Waals surface area contributed by atoms with Gasteiger partial charge in [0.1, 0.15) is 0 Å². The first-order chi connectivity index (χ1) is 8.41. The predicted molar refractivity (Wildman–Crippen MR) is 81.2 cm³/mol. The zero-order chi connectivity index (χ0) is 12.6. The third-order valence-corrected chi connectivity index (χ3v) is 3.28. The molecule has 0 aliphatic rings. The fourth-order valence-corrected chi connectivity index (χ4v) is 2.07. The van der Waals surface area contributed by atoms with E-state index >= 15 is 0 Å². The van der Waals surface area contributed by atoms with E-state index in [0.717, 1.165) is 13.2 Å². The minimum absolute atomic E-state index is 0. The van der Waals surface area contributed by atoms with Crippen LogP contribution in [0.5, 0.6) is 0 Å². The Hall–Kier alpha value is -0.0800. The highest BCUT2D eigenvalue weighted by Gasteiger charge is 1.92. The molecule has 0 aliphatic heterocycles. The molecule has 2 N–H and O–H groups in total. The van der Waals surface area contributed by atoms with E-state index in [4.69, 9.17) is 4.74 Å². The van der Waals surface area contributed by atoms with Crippen LogP contribution in [0.15, 0.2) is 0 Å². The van der Waals surface area contributed by atoms with E-state index in [1.165, 1.54) is 77.0 Å². The average Bonchev–Trinajstić information content (AvgIpc) is 2.35. The first-order valence-electron chi connectivity index (χ1n) is 7.99. The first-order valence-corrected chi connectivity index (χ1v) is 7.99. The Bertz CT molecular complexity index is 112. The van der Waals surface area contributed by atoms with Crippen LogP contribution < -0.4 is 0 Å². The van der Waals surface area contributed by atoms with Gasteiger partial charge in [0.15, 0.2) is 0 Å². The van der Waals surface area contributed by atoms with Gasteiger partial charge in [-0.25, -0.2) is 0 Å². The van der Waals surface area contributed by atoms with E-state index in [9.17, 15) is 0 Å². The molecule has 0 fully saturated rings. The molecule has 0 saturated heterocycles. The van der Waals surface area contributed by atoms with Gasteiger partial charge in [0.25, 0.3) is 0 Å². The van der Waals surface area contributed by atoms with E-state index in [1.54, 1.807) is 0 Å². The maximum Gasteiger partial charge on any atom is 0.0466 e. The number of ether oxygens (including phenoxy) is 1. The second kappa shape index (κ2) is 19.3. The van der Waals surface area contributed by atoms with Gasteiger partial charge < -0.3 is 10.2 Å². The molecule has 0 unspecified atom stereocenters. The van der Waals surface area contributed by atoms with Crippen molar-refractivity contribution in [2.45, 2.75) is 90.9 Å². The van der Waals surface area contributed by atoms with E-state index in [1.807, 2.05) is 0 Å². The highest BCUT2D eigenvalue weighted by molar-refractivity contribution is 4.45. The highest BCUT2D eigenvalue weighted by atomic mass is 16.5. The van der Waals surface area contributed by atoms with E-state index in [0.29, 0.717) is 0 Å². The van der Waals surface area contributed by atoms with Gasteiger partial charge in [0.05, 0.1) is 0 Å². The van der Waals surface area contributed by atoms with Crippen molar-refractivity contribution >= 4 is 0 Å². The summed E-state index contributed by atoms with van der Waals surface area (Å²) in [5, 5.41) is 0. The molecule has 0 aromatic carbocycles. The van der Waals surface area contributed by atoms with Crippen molar-refractivity contribution in [3.8, 4) is 0 Å². The Morgan fingerprint density at radius 2 is 0.833 bits per heavy atom. The molecule has 0 aromatic rings. The zero-order valence-electron chi connectivity index (χ0n) is 12.8. The lowest BCUT2D eigenvalue weighted by Crippen LogP contribution is -1.97. The Morgan fingerprint density at radius 3 is 1.22 bits per heavy atom. The molecule has 0 heterocycles. The van der Waals surface area contributed by atoms with Crippen molar-refractivity contribution in [1.29, 1.82) is 0 Å². The van der Waals surface area contributed by atoms with E-state index < -0.39 is 0 Å². The normalized spacial score (nSPS) is 10.3. The molecule has 2 nitrogen and oxygen atoms in total. The average molecular weight is 260 g/mol. The highest BCUT2D eigenvalue weighted by Crippen LogP contribution is 2.06. The quantitative estimate of drug-likeness (QED) is 0.409. The van der Waals surface area contributed by atoms with Gasteiger partial charge in [-0.15, -0.1) is 0 Å². The third-order valence-electron chi connectivity index (χ3n) is 3.28. The summed E-state index contributed by atoms with van der Waals surface area (Å²) in [6.45, 7) is 6.51. The molecular formula is C16H36O2. The SMILES string of the molecule is CCCCCCCCOCCCCCCCC.O. The molecule has 0 bridgehead atoms. The second-order valence-corrected chi connectivity index (χ2v) is 5.15. The molecule has 0 atom stereocenters. The van der Waals surface area contributed by atoms with Crippen molar-refractivity contribution in [1.82, 2.24) is 0 Å². The summed E-state index contributed by atoms with van der Waals surface area (Å²) in [5.74, 6) is 0. The number of hydrogen-bond acceptors (Lipinski definition) is 1. The van der Waals surface area contributed by atoms with Crippen molar-refractivity contribution in [2.24, 2.45) is 0 Å². The lowest BCUT2D eigenvalue weighted by molar-refractivity contribution is 0.125. The largest absolute Gasteiger partial charge is 0.412 e. The maximum atomic E-state index is 5.65. The van der Waals surface area contributed by atoms with Crippen LogP contribution in [0.25, 0.3) is 0 Å². The van der Waals surface area contributed by atoms with Crippen LogP contribution >= 0.6 is 0 Å². The van der Waals surface area contributed by atoms with Gasteiger partial charge in [-0.05, 0) is 12.8 Å². The number of unbranched alkanes of at least 4 members (excludes halogenated alkanes) is 10. The number of hydrogen-bond donors (Lipinski definition) is 0. The topological polar surface area (TPSA) is 40.7 Å². The van der Waals surface area contributed by atoms with Gasteiger partial charge in [-0.1, -0.05) is 78.1 Å². The van der Waals surface area contributed by atoms with Crippen LogP contribution in [0.2, 0.25) is 0 Å². The summed E-state index contributed by atoms with van der Waals surface area (Å²) >= 11 is 0. The van der Waals surface area contributed by atoms with Gasteiger partial charge in [-0.3, -0.25) is 0 Å². The van der Waals surface area contributed by atoms with E-state index in [-0.39, 0.29) is 5.48 Å². The monoisotopic (exact) mass is 260 g/mol. The van der Waals surface area contributed by atoms with Crippen molar-refractivity contribution < 1.29 is 10.2 Å². The summed E-state index contributed by atoms with van der Waals surface area (Å²) in [6.07, 6.45) is 16.3. The minimum Gasteiger partial charge on any atom is -0.412 e. The zero-order valence-corrected chi connectivity index (χ0v) is 12.8. The first kappa shape index (κ1) is 20.2. The molecule has 2 heteroatoms. The number of rotatable bonds is 14. The van der Waals surface area contributed by atoms with Crippen LogP contribution in [0.4, 0.5) is 0 Å². The fourth-order valence-electron chi connectivity index (χ4n) is 2.07. The van der Waals surface area contributed by atoms with Crippen LogP contribution in [-0.4, -0.2) is 18.7 Å².